The summed E-state index contributed by atoms with van der Waals surface area (Å²) in [6, 6.07) is 1.43. The van der Waals surface area contributed by atoms with Crippen LogP contribution in [0.25, 0.3) is 4.98 Å². The van der Waals surface area contributed by atoms with Gasteiger partial charge in [-0.15, -0.1) is 0 Å². The van der Waals surface area contributed by atoms with E-state index in [2.05, 4.69) is 10.3 Å². The molecule has 0 aromatic heterocycles. The Morgan fingerprint density at radius 2 is 1.90 bits per heavy atom. The van der Waals surface area contributed by atoms with E-state index in [9.17, 15) is 13.2 Å². The molecule has 7 heteroatoms. The Morgan fingerprint density at radius 3 is 2.43 bits per heavy atom. The fourth-order valence-corrected chi connectivity index (χ4v) is 3.01. The Labute approximate surface area is 126 Å². The van der Waals surface area contributed by atoms with Crippen LogP contribution in [0.2, 0.25) is 5.02 Å². The SMILES string of the molecule is Cc1c(NC2CCCCC2)cc([N+]#N)c(C(F)(F)F)c1Cl. The highest BCUT2D eigenvalue weighted by Crippen LogP contribution is 2.45. The van der Waals surface area contributed by atoms with Gasteiger partial charge in [0.25, 0.3) is 0 Å². The van der Waals surface area contributed by atoms with Gasteiger partial charge in [-0.3, -0.25) is 0 Å². The van der Waals surface area contributed by atoms with E-state index in [4.69, 9.17) is 17.0 Å². The smallest absolute Gasteiger partial charge is 0.382 e. The lowest BCUT2D eigenvalue weighted by atomic mass is 9.95. The molecule has 0 radical (unpaired) electrons. The lowest BCUT2D eigenvalue weighted by molar-refractivity contribution is -0.136. The lowest BCUT2D eigenvalue weighted by Gasteiger charge is -2.25. The summed E-state index contributed by atoms with van der Waals surface area (Å²) in [6.45, 7) is 1.53. The van der Waals surface area contributed by atoms with Crippen molar-refractivity contribution in [2.45, 2.75) is 51.2 Å². The summed E-state index contributed by atoms with van der Waals surface area (Å²) < 4.78 is 39.0. The maximum absolute atomic E-state index is 13.0. The molecule has 1 N–H and O–H groups in total. The predicted molar refractivity (Wildman–Crippen MR) is 76.4 cm³/mol. The predicted octanol–water partition coefficient (Wildman–Crippen LogP) is 5.90. The Bertz CT molecular complexity index is 572. The summed E-state index contributed by atoms with van der Waals surface area (Å²) in [6.07, 6.45) is 0.674. The van der Waals surface area contributed by atoms with Gasteiger partial charge in [-0.05, 0) is 25.3 Å². The van der Waals surface area contributed by atoms with Crippen LogP contribution in [-0.2, 0) is 6.18 Å². The molecule has 21 heavy (non-hydrogen) atoms. The third-order valence-corrected chi connectivity index (χ3v) is 4.32. The molecule has 0 heterocycles. The number of hydrogen-bond acceptors (Lipinski definition) is 2. The molecule has 0 saturated heterocycles. The molecule has 0 spiro atoms. The monoisotopic (exact) mass is 318 g/mol. The van der Waals surface area contributed by atoms with Crippen molar-refractivity contribution in [1.82, 2.24) is 0 Å². The zero-order valence-electron chi connectivity index (χ0n) is 11.6. The number of anilines is 1. The molecule has 0 unspecified atom stereocenters. The molecule has 1 aromatic rings. The van der Waals surface area contributed by atoms with Gasteiger partial charge in [-0.2, -0.15) is 13.2 Å². The zero-order valence-corrected chi connectivity index (χ0v) is 12.4. The van der Waals surface area contributed by atoms with Crippen molar-refractivity contribution in [1.29, 1.82) is 5.39 Å². The van der Waals surface area contributed by atoms with E-state index < -0.39 is 22.4 Å². The summed E-state index contributed by atoms with van der Waals surface area (Å²) in [5, 5.41) is 11.7. The molecule has 1 fully saturated rings. The third-order valence-electron chi connectivity index (χ3n) is 3.85. The van der Waals surface area contributed by atoms with Crippen molar-refractivity contribution in [2.24, 2.45) is 0 Å². The number of rotatable bonds is 2. The zero-order chi connectivity index (χ0) is 15.6. The van der Waals surface area contributed by atoms with Crippen molar-refractivity contribution in [3.63, 3.8) is 0 Å². The fraction of sp³-hybridized carbons (Fsp3) is 0.571. The molecule has 0 amide bonds. The first-order valence-corrected chi connectivity index (χ1v) is 7.24. The fourth-order valence-electron chi connectivity index (χ4n) is 2.70. The van der Waals surface area contributed by atoms with Crippen LogP contribution in [0.5, 0.6) is 0 Å². The minimum atomic E-state index is -4.66. The molecular weight excluding hydrogens is 303 g/mol. The highest BCUT2D eigenvalue weighted by Gasteiger charge is 2.43. The van der Waals surface area contributed by atoms with Gasteiger partial charge >= 0.3 is 11.9 Å². The van der Waals surface area contributed by atoms with E-state index in [1.807, 2.05) is 0 Å². The third kappa shape index (κ3) is 3.41. The van der Waals surface area contributed by atoms with Gasteiger partial charge in [-0.25, -0.2) is 0 Å². The molecule has 1 aliphatic carbocycles. The van der Waals surface area contributed by atoms with E-state index in [-0.39, 0.29) is 6.04 Å². The van der Waals surface area contributed by atoms with Gasteiger partial charge in [0.1, 0.15) is 0 Å². The highest BCUT2D eigenvalue weighted by atomic mass is 35.5. The topological polar surface area (TPSA) is 40.2 Å². The normalized spacial score (nSPS) is 16.6. The van der Waals surface area contributed by atoms with E-state index in [0.717, 1.165) is 25.7 Å². The van der Waals surface area contributed by atoms with E-state index in [1.54, 1.807) is 0 Å². The Morgan fingerprint density at radius 1 is 1.29 bits per heavy atom. The van der Waals surface area contributed by atoms with Crippen LogP contribution < -0.4 is 5.32 Å². The van der Waals surface area contributed by atoms with E-state index in [0.29, 0.717) is 11.3 Å². The molecule has 0 bridgehead atoms. The average Bonchev–Trinajstić information content (AvgIpc) is 2.43. The van der Waals surface area contributed by atoms with Crippen molar-refractivity contribution in [3.8, 4) is 0 Å². The molecule has 3 nitrogen and oxygen atoms in total. The number of diazo groups is 1. The van der Waals surface area contributed by atoms with Gasteiger partial charge < -0.3 is 5.32 Å². The molecule has 1 aliphatic rings. The van der Waals surface area contributed by atoms with Gasteiger partial charge in [0.15, 0.2) is 10.5 Å². The summed E-state index contributed by atoms with van der Waals surface area (Å²) in [5.41, 5.74) is -0.843. The first-order chi connectivity index (χ1) is 9.84. The molecule has 114 valence electrons. The van der Waals surface area contributed by atoms with Crippen LogP contribution in [0.1, 0.15) is 43.2 Å². The number of nitrogens with one attached hydrogen (secondary N) is 1. The molecular formula is C14H16ClF3N3+. The van der Waals surface area contributed by atoms with Crippen molar-refractivity contribution >= 4 is 23.0 Å². The van der Waals surface area contributed by atoms with E-state index in [1.165, 1.54) is 19.4 Å². The highest BCUT2D eigenvalue weighted by molar-refractivity contribution is 6.33. The van der Waals surface area contributed by atoms with Crippen LogP contribution >= 0.6 is 11.6 Å². The Kier molecular flexibility index (Phi) is 4.62. The number of benzene rings is 1. The number of hydrogen-bond donors (Lipinski definition) is 1. The Hall–Kier alpha value is -1.48. The Balaban J connectivity index is 2.40. The first-order valence-electron chi connectivity index (χ1n) is 6.86. The van der Waals surface area contributed by atoms with Crippen LogP contribution in [0.15, 0.2) is 6.07 Å². The molecule has 0 aliphatic heterocycles. The molecule has 2 rings (SSSR count). The maximum Gasteiger partial charge on any atom is 0.425 e. The second kappa shape index (κ2) is 6.10. The summed E-state index contributed by atoms with van der Waals surface area (Å²) in [4.78, 5) is 2.75. The second-order valence-electron chi connectivity index (χ2n) is 5.33. The van der Waals surface area contributed by atoms with Crippen molar-refractivity contribution < 1.29 is 13.2 Å². The van der Waals surface area contributed by atoms with Gasteiger partial charge in [0, 0.05) is 11.7 Å². The van der Waals surface area contributed by atoms with Gasteiger partial charge in [0.05, 0.1) is 11.1 Å². The maximum atomic E-state index is 13.0. The van der Waals surface area contributed by atoms with E-state index >= 15 is 0 Å². The molecule has 0 atom stereocenters. The van der Waals surface area contributed by atoms with Gasteiger partial charge in [0.2, 0.25) is 5.39 Å². The van der Waals surface area contributed by atoms with Crippen LogP contribution in [0.3, 0.4) is 0 Å². The largest absolute Gasteiger partial charge is 0.425 e. The molecule has 1 saturated carbocycles. The minimum absolute atomic E-state index is 0.219. The summed E-state index contributed by atoms with van der Waals surface area (Å²) in [5.74, 6) is 0. The summed E-state index contributed by atoms with van der Waals surface area (Å²) in [7, 11) is 0. The first kappa shape index (κ1) is 15.9. The van der Waals surface area contributed by atoms with Crippen LogP contribution in [0.4, 0.5) is 24.5 Å². The number of alkyl halides is 3. The molecule has 1 aromatic carbocycles. The average molecular weight is 319 g/mol. The minimum Gasteiger partial charge on any atom is -0.382 e. The summed E-state index contributed by atoms with van der Waals surface area (Å²) >= 11 is 5.85. The van der Waals surface area contributed by atoms with Crippen LogP contribution in [-0.4, -0.2) is 6.04 Å². The van der Waals surface area contributed by atoms with Crippen molar-refractivity contribution in [3.05, 3.63) is 27.2 Å². The lowest BCUT2D eigenvalue weighted by Crippen LogP contribution is -2.23. The second-order valence-corrected chi connectivity index (χ2v) is 5.71. The van der Waals surface area contributed by atoms with Gasteiger partial charge in [-0.1, -0.05) is 30.9 Å². The number of halogens is 4. The standard InChI is InChI=1S/C14H16ClF3N3/c1-8-10(20-9-5-3-2-4-6-9)7-11(21-19)12(13(8)15)14(16,17)18/h7,9,20H,2-6H2,1H3/q+1. The number of nitrogens with zero attached hydrogens (tertiary/aromatic N) is 2. The van der Waals surface area contributed by atoms with Crippen LogP contribution in [0, 0.1) is 12.3 Å². The quantitative estimate of drug-likeness (QED) is 0.690. The van der Waals surface area contributed by atoms with Crippen molar-refractivity contribution in [2.75, 3.05) is 5.32 Å².